The summed E-state index contributed by atoms with van der Waals surface area (Å²) >= 11 is 0. The van der Waals surface area contributed by atoms with Gasteiger partial charge in [-0.05, 0) is 18.2 Å². The van der Waals surface area contributed by atoms with Crippen molar-refractivity contribution in [3.63, 3.8) is 0 Å². The van der Waals surface area contributed by atoms with E-state index in [9.17, 15) is 4.79 Å². The van der Waals surface area contributed by atoms with E-state index in [1.54, 1.807) is 0 Å². The van der Waals surface area contributed by atoms with Crippen LogP contribution in [0.25, 0.3) is 0 Å². The van der Waals surface area contributed by atoms with E-state index < -0.39 is 0 Å². The fourth-order valence-electron chi connectivity index (χ4n) is 4.60. The Kier molecular flexibility index (Phi) is 6.84. The van der Waals surface area contributed by atoms with Gasteiger partial charge in [0.2, 0.25) is 0 Å². The zero-order valence-electron chi connectivity index (χ0n) is 19.2. The minimum absolute atomic E-state index is 0.0649. The molecule has 34 heavy (non-hydrogen) atoms. The van der Waals surface area contributed by atoms with Crippen LogP contribution in [0, 0.1) is 0 Å². The first-order valence-corrected chi connectivity index (χ1v) is 11.6. The number of hydrogen-bond donors (Lipinski definition) is 2. The predicted octanol–water partition coefficient (Wildman–Crippen LogP) is 2.12. The lowest BCUT2D eigenvalue weighted by Crippen LogP contribution is -2.48. The topological polar surface area (TPSA) is 93.5 Å². The number of carbonyl (C=O) groups is 1. The summed E-state index contributed by atoms with van der Waals surface area (Å²) < 4.78 is 13.9. The average molecular weight is 463 g/mol. The van der Waals surface area contributed by atoms with Gasteiger partial charge in [0, 0.05) is 19.6 Å². The number of urea groups is 1. The molecule has 0 saturated carbocycles. The molecule has 9 nitrogen and oxygen atoms in total. The number of ether oxygens (including phenoxy) is 2. The smallest absolute Gasteiger partial charge is 0.315 e. The van der Waals surface area contributed by atoms with Gasteiger partial charge in [0.25, 0.3) is 0 Å². The van der Waals surface area contributed by atoms with Crippen LogP contribution in [-0.4, -0.2) is 64.4 Å². The normalized spacial score (nSPS) is 23.7. The van der Waals surface area contributed by atoms with Gasteiger partial charge in [-0.1, -0.05) is 65.9 Å². The molecule has 0 aliphatic carbocycles. The standard InChI is InChI=1S/C25H30N6O3/c1-30(13-19-10-6-3-7-11-19)14-20-15-31(29-28-20)22-17-34-23-21(16-33-24(22)23)27-25(32)26-12-18-8-4-2-5-9-18/h2-11,15,21-24H,12-14,16-17H2,1H3,(H2,26,27,32)/t21-,22+,23-,24+/m0/s1. The third kappa shape index (κ3) is 5.27. The molecule has 178 valence electrons. The van der Waals surface area contributed by atoms with Crippen LogP contribution in [0.15, 0.2) is 66.9 Å². The fourth-order valence-corrected chi connectivity index (χ4v) is 4.60. The number of aromatic nitrogens is 3. The van der Waals surface area contributed by atoms with E-state index in [4.69, 9.17) is 9.47 Å². The summed E-state index contributed by atoms with van der Waals surface area (Å²) in [6.07, 6.45) is 1.59. The van der Waals surface area contributed by atoms with Gasteiger partial charge in [-0.3, -0.25) is 4.90 Å². The van der Waals surface area contributed by atoms with Gasteiger partial charge in [-0.15, -0.1) is 5.10 Å². The van der Waals surface area contributed by atoms with Crippen molar-refractivity contribution in [3.05, 3.63) is 83.7 Å². The van der Waals surface area contributed by atoms with Gasteiger partial charge < -0.3 is 20.1 Å². The summed E-state index contributed by atoms with van der Waals surface area (Å²) in [5.41, 5.74) is 3.21. The predicted molar refractivity (Wildman–Crippen MR) is 126 cm³/mol. The second-order valence-corrected chi connectivity index (χ2v) is 8.93. The number of hydrogen-bond acceptors (Lipinski definition) is 6. The summed E-state index contributed by atoms with van der Waals surface area (Å²) in [7, 11) is 2.07. The number of carbonyl (C=O) groups excluding carboxylic acids is 1. The third-order valence-corrected chi connectivity index (χ3v) is 6.26. The average Bonchev–Trinajstić information content (AvgIpc) is 3.57. The van der Waals surface area contributed by atoms with Crippen molar-refractivity contribution < 1.29 is 14.3 Å². The Morgan fingerprint density at radius 2 is 1.71 bits per heavy atom. The van der Waals surface area contributed by atoms with Crippen molar-refractivity contribution in [3.8, 4) is 0 Å². The molecule has 0 spiro atoms. The van der Waals surface area contributed by atoms with E-state index in [1.807, 2.05) is 59.4 Å². The maximum atomic E-state index is 12.4. The van der Waals surface area contributed by atoms with Crippen molar-refractivity contribution >= 4 is 6.03 Å². The molecular weight excluding hydrogens is 432 g/mol. The molecule has 3 heterocycles. The lowest BCUT2D eigenvalue weighted by molar-refractivity contribution is 0.0622. The Bertz CT molecular complexity index is 1080. The van der Waals surface area contributed by atoms with Crippen LogP contribution >= 0.6 is 0 Å². The van der Waals surface area contributed by atoms with Crippen molar-refractivity contribution in [1.29, 1.82) is 0 Å². The zero-order valence-corrected chi connectivity index (χ0v) is 19.2. The van der Waals surface area contributed by atoms with Crippen molar-refractivity contribution in [2.75, 3.05) is 20.3 Å². The zero-order chi connectivity index (χ0) is 23.3. The van der Waals surface area contributed by atoms with Crippen LogP contribution in [-0.2, 0) is 29.1 Å². The molecule has 1 aromatic heterocycles. The molecule has 3 aromatic rings. The Morgan fingerprint density at radius 1 is 1.00 bits per heavy atom. The van der Waals surface area contributed by atoms with Crippen LogP contribution < -0.4 is 10.6 Å². The highest BCUT2D eigenvalue weighted by molar-refractivity contribution is 5.74. The molecule has 0 bridgehead atoms. The van der Waals surface area contributed by atoms with Gasteiger partial charge in [0.05, 0.1) is 31.1 Å². The molecule has 2 saturated heterocycles. The summed E-state index contributed by atoms with van der Waals surface area (Å²) in [4.78, 5) is 14.6. The largest absolute Gasteiger partial charge is 0.371 e. The highest BCUT2D eigenvalue weighted by Gasteiger charge is 2.49. The quantitative estimate of drug-likeness (QED) is 0.533. The van der Waals surface area contributed by atoms with Gasteiger partial charge in [-0.25, -0.2) is 9.48 Å². The Labute approximate surface area is 199 Å². The molecule has 4 atom stereocenters. The van der Waals surface area contributed by atoms with E-state index in [0.29, 0.717) is 26.3 Å². The van der Waals surface area contributed by atoms with Crippen LogP contribution in [0.4, 0.5) is 4.79 Å². The van der Waals surface area contributed by atoms with E-state index in [-0.39, 0.29) is 30.3 Å². The lowest BCUT2D eigenvalue weighted by Gasteiger charge is -2.18. The van der Waals surface area contributed by atoms with Gasteiger partial charge in [-0.2, -0.15) is 0 Å². The highest BCUT2D eigenvalue weighted by Crippen LogP contribution is 2.34. The molecule has 2 aromatic carbocycles. The first-order chi connectivity index (χ1) is 16.7. The maximum Gasteiger partial charge on any atom is 0.315 e. The van der Waals surface area contributed by atoms with Crippen LogP contribution in [0.1, 0.15) is 22.9 Å². The molecule has 2 aliphatic rings. The lowest BCUT2D eigenvalue weighted by atomic mass is 10.1. The van der Waals surface area contributed by atoms with E-state index in [1.165, 1.54) is 5.56 Å². The summed E-state index contributed by atoms with van der Waals surface area (Å²) in [5.74, 6) is 0. The molecule has 2 fully saturated rings. The molecule has 2 aliphatic heterocycles. The minimum atomic E-state index is -0.227. The van der Waals surface area contributed by atoms with Crippen LogP contribution in [0.5, 0.6) is 0 Å². The fraction of sp³-hybridized carbons (Fsp3) is 0.400. The molecule has 0 radical (unpaired) electrons. The molecule has 2 amide bonds. The van der Waals surface area contributed by atoms with Crippen LogP contribution in [0.3, 0.4) is 0 Å². The van der Waals surface area contributed by atoms with Crippen molar-refractivity contribution in [1.82, 2.24) is 30.5 Å². The molecule has 5 rings (SSSR count). The number of rotatable bonds is 8. The number of benzene rings is 2. The Morgan fingerprint density at radius 3 is 2.47 bits per heavy atom. The first kappa shape index (κ1) is 22.5. The van der Waals surface area contributed by atoms with Crippen molar-refractivity contribution in [2.24, 2.45) is 0 Å². The van der Waals surface area contributed by atoms with Crippen molar-refractivity contribution in [2.45, 2.75) is 43.9 Å². The van der Waals surface area contributed by atoms with Gasteiger partial charge in [0.15, 0.2) is 0 Å². The summed E-state index contributed by atoms with van der Waals surface area (Å²) in [5, 5.41) is 14.6. The number of amides is 2. The number of nitrogens with one attached hydrogen (secondary N) is 2. The number of fused-ring (bicyclic) bond motifs is 1. The second kappa shape index (κ2) is 10.3. The van der Waals surface area contributed by atoms with E-state index in [2.05, 4.69) is 45.0 Å². The molecular formula is C25H30N6O3. The van der Waals surface area contributed by atoms with E-state index in [0.717, 1.165) is 17.8 Å². The second-order valence-electron chi connectivity index (χ2n) is 8.93. The Hall–Kier alpha value is -3.27. The van der Waals surface area contributed by atoms with Gasteiger partial charge in [0.1, 0.15) is 18.2 Å². The maximum absolute atomic E-state index is 12.4. The van der Waals surface area contributed by atoms with E-state index >= 15 is 0 Å². The molecule has 2 N–H and O–H groups in total. The summed E-state index contributed by atoms with van der Waals surface area (Å²) in [6.45, 7) is 2.89. The minimum Gasteiger partial charge on any atom is -0.371 e. The molecule has 9 heteroatoms. The first-order valence-electron chi connectivity index (χ1n) is 11.6. The summed E-state index contributed by atoms with van der Waals surface area (Å²) in [6, 6.07) is 19.7. The highest BCUT2D eigenvalue weighted by atomic mass is 16.6. The number of nitrogens with zero attached hydrogens (tertiary/aromatic N) is 4. The SMILES string of the molecule is CN(Cc1ccccc1)Cc1cn([C@@H]2CO[C@@H]3[C@@H]2OC[C@@H]3NC(=O)NCc2ccccc2)nn1. The monoisotopic (exact) mass is 462 g/mol. The van der Waals surface area contributed by atoms with Gasteiger partial charge >= 0.3 is 6.03 Å². The molecule has 0 unspecified atom stereocenters. The Balaban J connectivity index is 1.12. The third-order valence-electron chi connectivity index (χ3n) is 6.26. The van der Waals surface area contributed by atoms with Crippen LogP contribution in [0.2, 0.25) is 0 Å².